The second-order valence-corrected chi connectivity index (χ2v) is 6.32. The molecule has 1 heterocycles. The molecule has 1 aromatic carbocycles. The normalized spacial score (nSPS) is 24.0. The largest absolute Gasteiger partial charge is 0.370 e. The van der Waals surface area contributed by atoms with Gasteiger partial charge in [0.15, 0.2) is 5.96 Å². The van der Waals surface area contributed by atoms with Crippen LogP contribution in [0.2, 0.25) is 0 Å². The number of hydrogen-bond donors (Lipinski definition) is 1. The van der Waals surface area contributed by atoms with Crippen LogP contribution in [0, 0.1) is 0 Å². The van der Waals surface area contributed by atoms with Crippen LogP contribution >= 0.6 is 0 Å². The van der Waals surface area contributed by atoms with Crippen LogP contribution in [-0.4, -0.2) is 23.4 Å². The van der Waals surface area contributed by atoms with E-state index in [-0.39, 0.29) is 0 Å². The average molecular weight is 285 g/mol. The number of aryl methyl sites for hydroxylation is 1. The molecule has 1 aliphatic carbocycles. The third kappa shape index (κ3) is 2.92. The number of nitrogens with two attached hydrogens (primary N) is 1. The van der Waals surface area contributed by atoms with Gasteiger partial charge in [-0.15, -0.1) is 0 Å². The van der Waals surface area contributed by atoms with Crippen LogP contribution < -0.4 is 5.73 Å². The lowest BCUT2D eigenvalue weighted by Gasteiger charge is -2.35. The summed E-state index contributed by atoms with van der Waals surface area (Å²) in [6.07, 6.45) is 9.01. The van der Waals surface area contributed by atoms with Gasteiger partial charge in [0.2, 0.25) is 0 Å². The molecule has 0 bridgehead atoms. The fourth-order valence-electron chi connectivity index (χ4n) is 3.92. The van der Waals surface area contributed by atoms with Crippen molar-refractivity contribution in [2.24, 2.45) is 10.7 Å². The number of benzene rings is 1. The lowest BCUT2D eigenvalue weighted by atomic mass is 9.96. The highest BCUT2D eigenvalue weighted by atomic mass is 15.3. The standard InChI is InChI=1S/C18H27N3/c1-2-14-9-7-8-12-16(14)17-13-20-18(19)21(17)15-10-5-3-4-6-11-15/h7-9,12,15,17H,2-6,10-11,13H2,1H3,(H2,19,20). The van der Waals surface area contributed by atoms with Crippen molar-refractivity contribution >= 4 is 5.96 Å². The molecule has 1 unspecified atom stereocenters. The summed E-state index contributed by atoms with van der Waals surface area (Å²) in [5.41, 5.74) is 9.12. The zero-order valence-electron chi connectivity index (χ0n) is 13.1. The first kappa shape index (κ1) is 14.4. The van der Waals surface area contributed by atoms with Gasteiger partial charge in [0.1, 0.15) is 0 Å². The summed E-state index contributed by atoms with van der Waals surface area (Å²) in [5.74, 6) is 0.762. The fraction of sp³-hybridized carbons (Fsp3) is 0.611. The molecule has 0 amide bonds. The van der Waals surface area contributed by atoms with Crippen molar-refractivity contribution in [1.82, 2.24) is 4.90 Å². The summed E-state index contributed by atoms with van der Waals surface area (Å²) >= 11 is 0. The van der Waals surface area contributed by atoms with Crippen molar-refractivity contribution in [1.29, 1.82) is 0 Å². The van der Waals surface area contributed by atoms with E-state index in [1.165, 1.54) is 49.7 Å². The Hall–Kier alpha value is -1.51. The van der Waals surface area contributed by atoms with Crippen LogP contribution in [0.4, 0.5) is 0 Å². The zero-order chi connectivity index (χ0) is 14.7. The molecule has 3 nitrogen and oxygen atoms in total. The molecule has 1 aliphatic heterocycles. The van der Waals surface area contributed by atoms with Gasteiger partial charge in [0.05, 0.1) is 12.6 Å². The first-order valence-corrected chi connectivity index (χ1v) is 8.47. The summed E-state index contributed by atoms with van der Waals surface area (Å²) in [7, 11) is 0. The lowest BCUT2D eigenvalue weighted by Crippen LogP contribution is -2.43. The van der Waals surface area contributed by atoms with Crippen molar-refractivity contribution in [2.75, 3.05) is 6.54 Å². The van der Waals surface area contributed by atoms with Crippen LogP contribution in [0.25, 0.3) is 0 Å². The summed E-state index contributed by atoms with van der Waals surface area (Å²) in [4.78, 5) is 7.01. The SMILES string of the molecule is CCc1ccccc1C1CN=C(N)N1C1CCCCCC1. The monoisotopic (exact) mass is 285 g/mol. The molecule has 21 heavy (non-hydrogen) atoms. The van der Waals surface area contributed by atoms with Gasteiger partial charge in [-0.1, -0.05) is 56.9 Å². The predicted octanol–water partition coefficient (Wildman–Crippen LogP) is 3.64. The molecule has 114 valence electrons. The Morgan fingerprint density at radius 2 is 1.86 bits per heavy atom. The minimum absolute atomic E-state index is 0.351. The van der Waals surface area contributed by atoms with Crippen LogP contribution in [-0.2, 0) is 6.42 Å². The Labute approximate surface area is 128 Å². The molecule has 0 radical (unpaired) electrons. The van der Waals surface area contributed by atoms with Crippen molar-refractivity contribution in [3.63, 3.8) is 0 Å². The Morgan fingerprint density at radius 1 is 1.14 bits per heavy atom. The van der Waals surface area contributed by atoms with Gasteiger partial charge in [-0.2, -0.15) is 0 Å². The Kier molecular flexibility index (Phi) is 4.47. The molecule has 2 N–H and O–H groups in total. The smallest absolute Gasteiger partial charge is 0.192 e. The second-order valence-electron chi connectivity index (χ2n) is 6.32. The van der Waals surface area contributed by atoms with Gasteiger partial charge in [0.25, 0.3) is 0 Å². The number of rotatable bonds is 3. The van der Waals surface area contributed by atoms with Gasteiger partial charge < -0.3 is 10.6 Å². The van der Waals surface area contributed by atoms with Gasteiger partial charge in [-0.05, 0) is 30.4 Å². The summed E-state index contributed by atoms with van der Waals surface area (Å²) in [5, 5.41) is 0. The summed E-state index contributed by atoms with van der Waals surface area (Å²) in [6, 6.07) is 9.72. The van der Waals surface area contributed by atoms with Crippen molar-refractivity contribution in [3.8, 4) is 0 Å². The fourth-order valence-corrected chi connectivity index (χ4v) is 3.92. The maximum atomic E-state index is 6.26. The second kappa shape index (κ2) is 6.50. The van der Waals surface area contributed by atoms with Crippen LogP contribution in [0.15, 0.2) is 29.3 Å². The van der Waals surface area contributed by atoms with E-state index in [2.05, 4.69) is 41.1 Å². The first-order valence-electron chi connectivity index (χ1n) is 8.47. The molecule has 2 aliphatic rings. The summed E-state index contributed by atoms with van der Waals surface area (Å²) in [6.45, 7) is 3.05. The lowest BCUT2D eigenvalue weighted by molar-refractivity contribution is 0.236. The molecule has 1 fully saturated rings. The van der Waals surface area contributed by atoms with Crippen molar-refractivity contribution < 1.29 is 0 Å². The van der Waals surface area contributed by atoms with E-state index in [0.717, 1.165) is 18.9 Å². The van der Waals surface area contributed by atoms with E-state index in [9.17, 15) is 0 Å². The highest BCUT2D eigenvalue weighted by Crippen LogP contribution is 2.34. The van der Waals surface area contributed by atoms with E-state index >= 15 is 0 Å². The van der Waals surface area contributed by atoms with Gasteiger partial charge in [-0.3, -0.25) is 4.99 Å². The molecule has 1 aromatic rings. The maximum Gasteiger partial charge on any atom is 0.192 e. The molecule has 1 saturated carbocycles. The summed E-state index contributed by atoms with van der Waals surface area (Å²) < 4.78 is 0. The molecular formula is C18H27N3. The quantitative estimate of drug-likeness (QED) is 0.861. The van der Waals surface area contributed by atoms with Gasteiger partial charge in [-0.25, -0.2) is 0 Å². The van der Waals surface area contributed by atoms with Crippen LogP contribution in [0.3, 0.4) is 0 Å². The third-order valence-corrected chi connectivity index (χ3v) is 5.04. The molecular weight excluding hydrogens is 258 g/mol. The van der Waals surface area contributed by atoms with E-state index in [1.807, 2.05) is 0 Å². The Bertz CT molecular complexity index is 501. The molecule has 1 atom stereocenters. The minimum Gasteiger partial charge on any atom is -0.370 e. The highest BCUT2D eigenvalue weighted by molar-refractivity contribution is 5.81. The molecule has 0 aromatic heterocycles. The van der Waals surface area contributed by atoms with Crippen molar-refractivity contribution in [2.45, 2.75) is 64.0 Å². The first-order chi connectivity index (χ1) is 10.3. The molecule has 0 spiro atoms. The molecule has 0 saturated heterocycles. The molecule has 3 rings (SSSR count). The van der Waals surface area contributed by atoms with Gasteiger partial charge in [0, 0.05) is 6.04 Å². The number of hydrogen-bond acceptors (Lipinski definition) is 3. The number of aliphatic imine (C=N–C) groups is 1. The molecule has 3 heteroatoms. The van der Waals surface area contributed by atoms with E-state index in [0.29, 0.717) is 12.1 Å². The number of guanidine groups is 1. The number of nitrogens with zero attached hydrogens (tertiary/aromatic N) is 2. The van der Waals surface area contributed by atoms with Crippen LogP contribution in [0.5, 0.6) is 0 Å². The highest BCUT2D eigenvalue weighted by Gasteiger charge is 2.34. The van der Waals surface area contributed by atoms with E-state index < -0.39 is 0 Å². The van der Waals surface area contributed by atoms with Crippen LogP contribution in [0.1, 0.15) is 62.6 Å². The third-order valence-electron chi connectivity index (χ3n) is 5.04. The maximum absolute atomic E-state index is 6.26. The minimum atomic E-state index is 0.351. The topological polar surface area (TPSA) is 41.6 Å². The van der Waals surface area contributed by atoms with E-state index in [1.54, 1.807) is 0 Å². The Morgan fingerprint density at radius 3 is 2.57 bits per heavy atom. The average Bonchev–Trinajstić information content (AvgIpc) is 2.74. The zero-order valence-corrected chi connectivity index (χ0v) is 13.1. The predicted molar refractivity (Wildman–Crippen MR) is 88.4 cm³/mol. The Balaban J connectivity index is 1.87. The van der Waals surface area contributed by atoms with Crippen molar-refractivity contribution in [3.05, 3.63) is 35.4 Å². The van der Waals surface area contributed by atoms with E-state index in [4.69, 9.17) is 5.73 Å². The van der Waals surface area contributed by atoms with Gasteiger partial charge >= 0.3 is 0 Å².